The topological polar surface area (TPSA) is 0 Å². The van der Waals surface area contributed by atoms with Crippen LogP contribution in [0.15, 0.2) is 18.2 Å². The maximum atomic E-state index is 12.7. The van der Waals surface area contributed by atoms with Gasteiger partial charge in [-0.05, 0) is 23.8 Å². The predicted octanol–water partition coefficient (Wildman–Crippen LogP) is 2.91. The fourth-order valence-electron chi connectivity index (χ4n) is 0.664. The van der Waals surface area contributed by atoms with Crippen molar-refractivity contribution in [3.8, 4) is 0 Å². The van der Waals surface area contributed by atoms with Crippen molar-refractivity contribution in [3.05, 3.63) is 34.6 Å². The first-order chi connectivity index (χ1) is 4.74. The van der Waals surface area contributed by atoms with Gasteiger partial charge in [0.1, 0.15) is 5.82 Å². The highest BCUT2D eigenvalue weighted by atomic mass is 35.5. The van der Waals surface area contributed by atoms with E-state index in [2.05, 4.69) is 12.6 Å². The van der Waals surface area contributed by atoms with E-state index in [0.717, 1.165) is 0 Å². The molecule has 0 bridgehead atoms. The molecule has 1 aromatic rings. The van der Waals surface area contributed by atoms with E-state index in [-0.39, 0.29) is 5.82 Å². The van der Waals surface area contributed by atoms with Gasteiger partial charge in [0.15, 0.2) is 0 Å². The molecule has 0 nitrogen and oxygen atoms in total. The van der Waals surface area contributed by atoms with Gasteiger partial charge in [-0.25, -0.2) is 4.39 Å². The van der Waals surface area contributed by atoms with Gasteiger partial charge in [0.25, 0.3) is 0 Å². The largest absolute Gasteiger partial charge is 0.207 e. The van der Waals surface area contributed by atoms with Gasteiger partial charge in [0.05, 0.1) is 0 Å². The van der Waals surface area contributed by atoms with Gasteiger partial charge in [-0.3, -0.25) is 0 Å². The van der Waals surface area contributed by atoms with Gasteiger partial charge >= 0.3 is 0 Å². The molecule has 0 N–H and O–H groups in total. The smallest absolute Gasteiger partial charge is 0.127 e. The molecule has 0 atom stereocenters. The first-order valence-electron chi connectivity index (χ1n) is 2.79. The van der Waals surface area contributed by atoms with Gasteiger partial charge in [-0.1, -0.05) is 11.6 Å². The summed E-state index contributed by atoms with van der Waals surface area (Å²) in [6, 6.07) is 4.43. The zero-order chi connectivity index (χ0) is 7.56. The minimum Gasteiger partial charge on any atom is -0.207 e. The Morgan fingerprint density at radius 1 is 1.50 bits per heavy atom. The summed E-state index contributed by atoms with van der Waals surface area (Å²) in [7, 11) is 0. The van der Waals surface area contributed by atoms with E-state index in [1.54, 1.807) is 6.07 Å². The van der Waals surface area contributed by atoms with E-state index >= 15 is 0 Å². The van der Waals surface area contributed by atoms with Crippen LogP contribution in [0.2, 0.25) is 5.02 Å². The van der Waals surface area contributed by atoms with Crippen LogP contribution in [0.4, 0.5) is 4.39 Å². The third-order valence-corrected chi connectivity index (χ3v) is 1.75. The molecule has 0 aliphatic carbocycles. The maximum Gasteiger partial charge on any atom is 0.127 e. The van der Waals surface area contributed by atoms with Crippen LogP contribution in [0.3, 0.4) is 0 Å². The molecule has 0 aliphatic rings. The molecule has 0 saturated heterocycles. The summed E-state index contributed by atoms with van der Waals surface area (Å²) in [5.41, 5.74) is 0.538. The predicted molar refractivity (Wildman–Crippen MR) is 44.1 cm³/mol. The van der Waals surface area contributed by atoms with Crippen molar-refractivity contribution in [3.63, 3.8) is 0 Å². The van der Waals surface area contributed by atoms with E-state index in [0.29, 0.717) is 16.3 Å². The normalized spacial score (nSPS) is 9.90. The van der Waals surface area contributed by atoms with E-state index in [1.807, 2.05) is 0 Å². The number of benzene rings is 1. The molecule has 0 aromatic heterocycles. The van der Waals surface area contributed by atoms with E-state index < -0.39 is 0 Å². The maximum absolute atomic E-state index is 12.7. The van der Waals surface area contributed by atoms with Gasteiger partial charge < -0.3 is 0 Å². The van der Waals surface area contributed by atoms with Crippen LogP contribution in [0.1, 0.15) is 5.56 Å². The Balaban J connectivity index is 3.09. The van der Waals surface area contributed by atoms with E-state index in [4.69, 9.17) is 11.6 Å². The molecule has 0 amide bonds. The van der Waals surface area contributed by atoms with Crippen molar-refractivity contribution in [2.24, 2.45) is 0 Å². The lowest BCUT2D eigenvalue weighted by Gasteiger charge is -1.97. The van der Waals surface area contributed by atoms with Gasteiger partial charge in [-0.15, -0.1) is 0 Å². The Morgan fingerprint density at radius 2 is 2.20 bits per heavy atom. The molecule has 0 unspecified atom stereocenters. The quantitative estimate of drug-likeness (QED) is 0.625. The van der Waals surface area contributed by atoms with E-state index in [9.17, 15) is 4.39 Å². The fraction of sp³-hybridized carbons (Fsp3) is 0.143. The van der Waals surface area contributed by atoms with Crippen molar-refractivity contribution >= 4 is 24.2 Å². The highest BCUT2D eigenvalue weighted by Crippen LogP contribution is 2.15. The molecule has 1 aromatic carbocycles. The first-order valence-corrected chi connectivity index (χ1v) is 3.80. The van der Waals surface area contributed by atoms with Gasteiger partial charge in [0, 0.05) is 10.8 Å². The number of thiol groups is 1. The molecule has 0 heterocycles. The Bertz CT molecular complexity index is 237. The molecule has 0 fully saturated rings. The minimum atomic E-state index is -0.251. The van der Waals surface area contributed by atoms with E-state index in [1.165, 1.54) is 12.1 Å². The highest BCUT2D eigenvalue weighted by molar-refractivity contribution is 7.79. The van der Waals surface area contributed by atoms with Crippen molar-refractivity contribution in [2.45, 2.75) is 5.75 Å². The Hall–Kier alpha value is -0.210. The van der Waals surface area contributed by atoms with Crippen LogP contribution < -0.4 is 0 Å². The van der Waals surface area contributed by atoms with Crippen molar-refractivity contribution in [1.82, 2.24) is 0 Å². The third-order valence-electron chi connectivity index (χ3n) is 1.18. The molecule has 3 heteroatoms. The number of rotatable bonds is 1. The van der Waals surface area contributed by atoms with Crippen LogP contribution in [0.25, 0.3) is 0 Å². The molecular formula is C7H6ClFS. The summed E-state index contributed by atoms with van der Waals surface area (Å²) in [6.07, 6.45) is 0. The minimum absolute atomic E-state index is 0.251. The Labute approximate surface area is 69.4 Å². The number of hydrogen-bond acceptors (Lipinski definition) is 1. The Morgan fingerprint density at radius 3 is 2.70 bits per heavy atom. The summed E-state index contributed by atoms with van der Waals surface area (Å²) < 4.78 is 12.7. The summed E-state index contributed by atoms with van der Waals surface area (Å²) in [4.78, 5) is 0. The van der Waals surface area contributed by atoms with Crippen molar-refractivity contribution < 1.29 is 4.39 Å². The second-order valence-corrected chi connectivity index (χ2v) is 2.65. The first kappa shape index (κ1) is 7.89. The summed E-state index contributed by atoms with van der Waals surface area (Å²) in [5, 5.41) is 0.547. The van der Waals surface area contributed by atoms with Gasteiger partial charge in [0.2, 0.25) is 0 Å². The van der Waals surface area contributed by atoms with Crippen LogP contribution in [0, 0.1) is 5.82 Å². The lowest BCUT2D eigenvalue weighted by Crippen LogP contribution is -1.83. The SMILES string of the molecule is Fc1ccc(Cl)cc1CS. The molecule has 1 rings (SSSR count). The lowest BCUT2D eigenvalue weighted by atomic mass is 10.2. The highest BCUT2D eigenvalue weighted by Gasteiger charge is 1.98. The third kappa shape index (κ3) is 1.64. The molecule has 0 aliphatic heterocycles. The lowest BCUT2D eigenvalue weighted by molar-refractivity contribution is 0.617. The monoisotopic (exact) mass is 176 g/mol. The zero-order valence-corrected chi connectivity index (χ0v) is 6.79. The molecule has 10 heavy (non-hydrogen) atoms. The molecular weight excluding hydrogens is 171 g/mol. The van der Waals surface area contributed by atoms with Crippen LogP contribution in [-0.4, -0.2) is 0 Å². The summed E-state index contributed by atoms with van der Waals surface area (Å²) in [5.74, 6) is 0.131. The fourth-order valence-corrected chi connectivity index (χ4v) is 1.10. The average molecular weight is 177 g/mol. The van der Waals surface area contributed by atoms with Crippen molar-refractivity contribution in [2.75, 3.05) is 0 Å². The van der Waals surface area contributed by atoms with Crippen LogP contribution in [0.5, 0.6) is 0 Å². The second kappa shape index (κ2) is 3.26. The molecule has 54 valence electrons. The average Bonchev–Trinajstić information content (AvgIpc) is 1.94. The van der Waals surface area contributed by atoms with Gasteiger partial charge in [-0.2, -0.15) is 12.6 Å². The van der Waals surface area contributed by atoms with Crippen LogP contribution in [-0.2, 0) is 5.75 Å². The Kier molecular flexibility index (Phi) is 2.57. The molecule has 0 radical (unpaired) electrons. The number of halogens is 2. The molecule has 0 saturated carbocycles. The molecule has 0 spiro atoms. The zero-order valence-electron chi connectivity index (χ0n) is 5.14. The summed E-state index contributed by atoms with van der Waals surface area (Å²) >= 11 is 9.52. The summed E-state index contributed by atoms with van der Waals surface area (Å²) in [6.45, 7) is 0. The second-order valence-electron chi connectivity index (χ2n) is 1.89. The standard InChI is InChI=1S/C7H6ClFS/c8-6-1-2-7(9)5(3-6)4-10/h1-3,10H,4H2. The van der Waals surface area contributed by atoms with Crippen molar-refractivity contribution in [1.29, 1.82) is 0 Å². The number of hydrogen-bond donors (Lipinski definition) is 1. The van der Waals surface area contributed by atoms with Crippen LogP contribution >= 0.6 is 24.2 Å².